The maximum Gasteiger partial charge on any atom is 0.310 e. The first kappa shape index (κ1) is 18.5. The van der Waals surface area contributed by atoms with Gasteiger partial charge in [-0.15, -0.1) is 0 Å². The molecule has 7 heteroatoms. The Kier molecular flexibility index (Phi) is 6.45. The number of rotatable bonds is 9. The number of carboxylic acid groups (broad SMARTS) is 1. The molecule has 2 rings (SSSR count). The molecule has 24 heavy (non-hydrogen) atoms. The summed E-state index contributed by atoms with van der Waals surface area (Å²) < 4.78 is 10.8. The average molecular weight is 356 g/mol. The third-order valence-corrected chi connectivity index (χ3v) is 4.48. The highest BCUT2D eigenvalue weighted by atomic mass is 35.5. The van der Waals surface area contributed by atoms with Crippen LogP contribution in [-0.2, 0) is 14.3 Å². The Balaban J connectivity index is 2.02. The molecule has 6 nitrogen and oxygen atoms in total. The number of carbonyl (C=O) groups is 2. The second-order valence-corrected chi connectivity index (χ2v) is 6.23. The minimum Gasteiger partial charge on any atom is -0.487 e. The summed E-state index contributed by atoms with van der Waals surface area (Å²) in [6.07, 6.45) is 1.85. The van der Waals surface area contributed by atoms with Crippen LogP contribution in [0.1, 0.15) is 32.6 Å². The molecule has 132 valence electrons. The van der Waals surface area contributed by atoms with Crippen molar-refractivity contribution in [3.8, 4) is 5.75 Å². The smallest absolute Gasteiger partial charge is 0.310 e. The van der Waals surface area contributed by atoms with Gasteiger partial charge in [0.05, 0.1) is 22.7 Å². The number of aliphatic carboxylic acids is 1. The molecule has 2 N–H and O–H groups in total. The molecule has 0 aliphatic heterocycles. The molecular formula is C17H22ClNO5. The minimum atomic E-state index is -0.932. The van der Waals surface area contributed by atoms with Crippen LogP contribution < -0.4 is 10.1 Å². The van der Waals surface area contributed by atoms with Crippen molar-refractivity contribution in [2.45, 2.75) is 32.6 Å². The fraction of sp³-hybridized carbons (Fsp3) is 0.529. The Morgan fingerprint density at radius 2 is 2.08 bits per heavy atom. The van der Waals surface area contributed by atoms with E-state index in [0.29, 0.717) is 49.1 Å². The Bertz CT molecular complexity index is 601. The molecule has 0 radical (unpaired) electrons. The molecular weight excluding hydrogens is 334 g/mol. The van der Waals surface area contributed by atoms with Crippen molar-refractivity contribution in [2.75, 3.05) is 25.1 Å². The molecule has 0 unspecified atom stereocenters. The van der Waals surface area contributed by atoms with Crippen LogP contribution in [0.5, 0.6) is 5.75 Å². The lowest BCUT2D eigenvalue weighted by Gasteiger charge is -2.36. The first-order valence-electron chi connectivity index (χ1n) is 8.01. The monoisotopic (exact) mass is 355 g/mol. The van der Waals surface area contributed by atoms with Crippen molar-refractivity contribution >= 4 is 29.2 Å². The van der Waals surface area contributed by atoms with Gasteiger partial charge in [0.25, 0.3) is 0 Å². The summed E-state index contributed by atoms with van der Waals surface area (Å²) in [5, 5.41) is 12.4. The topological polar surface area (TPSA) is 84.9 Å². The SMILES string of the molecule is CCOCCOc1c(Cl)cccc1NC(=O)CC1(C(=O)O)CCC1. The van der Waals surface area contributed by atoms with Gasteiger partial charge in [0, 0.05) is 13.0 Å². The van der Waals surface area contributed by atoms with E-state index in [9.17, 15) is 14.7 Å². The number of para-hydroxylation sites is 1. The predicted molar refractivity (Wildman–Crippen MR) is 90.6 cm³/mol. The highest BCUT2D eigenvalue weighted by Crippen LogP contribution is 2.44. The number of halogens is 1. The molecule has 0 aromatic heterocycles. The van der Waals surface area contributed by atoms with E-state index in [2.05, 4.69) is 5.32 Å². The standard InChI is InChI=1S/C17H22ClNO5/c1-2-23-9-10-24-15-12(18)5-3-6-13(15)19-14(20)11-17(16(21)22)7-4-8-17/h3,5-6H,2,4,7-11H2,1H3,(H,19,20)(H,21,22). The third-order valence-electron chi connectivity index (χ3n) is 4.18. The van der Waals surface area contributed by atoms with Crippen molar-refractivity contribution in [1.82, 2.24) is 0 Å². The zero-order valence-electron chi connectivity index (χ0n) is 13.6. The van der Waals surface area contributed by atoms with E-state index in [-0.39, 0.29) is 12.3 Å². The zero-order chi connectivity index (χ0) is 17.6. The van der Waals surface area contributed by atoms with E-state index >= 15 is 0 Å². The van der Waals surface area contributed by atoms with Crippen LogP contribution in [0.25, 0.3) is 0 Å². The molecule has 1 aromatic carbocycles. The van der Waals surface area contributed by atoms with Crippen molar-refractivity contribution in [3.05, 3.63) is 23.2 Å². The number of hydrogen-bond donors (Lipinski definition) is 2. The number of benzene rings is 1. The number of carboxylic acids is 1. The van der Waals surface area contributed by atoms with Gasteiger partial charge >= 0.3 is 5.97 Å². The lowest BCUT2D eigenvalue weighted by molar-refractivity contribution is -0.157. The molecule has 1 saturated carbocycles. The highest BCUT2D eigenvalue weighted by Gasteiger charge is 2.45. The van der Waals surface area contributed by atoms with E-state index in [4.69, 9.17) is 21.1 Å². The van der Waals surface area contributed by atoms with Gasteiger partial charge in [-0.05, 0) is 31.9 Å². The first-order chi connectivity index (χ1) is 11.5. The number of amides is 1. The van der Waals surface area contributed by atoms with Gasteiger partial charge < -0.3 is 19.9 Å². The van der Waals surface area contributed by atoms with Crippen LogP contribution in [0.4, 0.5) is 5.69 Å². The Labute approximate surface area is 146 Å². The summed E-state index contributed by atoms with van der Waals surface area (Å²) in [5.74, 6) is -0.901. The van der Waals surface area contributed by atoms with Gasteiger partial charge in [-0.1, -0.05) is 24.1 Å². The summed E-state index contributed by atoms with van der Waals surface area (Å²) >= 11 is 6.14. The van der Waals surface area contributed by atoms with Gasteiger partial charge in [-0.3, -0.25) is 9.59 Å². The predicted octanol–water partition coefficient (Wildman–Crippen LogP) is 3.34. The van der Waals surface area contributed by atoms with Crippen molar-refractivity contribution < 1.29 is 24.2 Å². The maximum absolute atomic E-state index is 12.3. The number of ether oxygens (including phenoxy) is 2. The number of carbonyl (C=O) groups excluding carboxylic acids is 1. The van der Waals surface area contributed by atoms with Crippen LogP contribution in [0.3, 0.4) is 0 Å². The van der Waals surface area contributed by atoms with E-state index in [0.717, 1.165) is 6.42 Å². The molecule has 0 spiro atoms. The Hall–Kier alpha value is -1.79. The minimum absolute atomic E-state index is 0.0484. The number of nitrogens with one attached hydrogen (secondary N) is 1. The van der Waals surface area contributed by atoms with E-state index in [1.165, 1.54) is 0 Å². The first-order valence-corrected chi connectivity index (χ1v) is 8.38. The normalized spacial score (nSPS) is 15.4. The quantitative estimate of drug-likeness (QED) is 0.663. The molecule has 0 bridgehead atoms. The van der Waals surface area contributed by atoms with E-state index < -0.39 is 11.4 Å². The third kappa shape index (κ3) is 4.39. The molecule has 0 heterocycles. The molecule has 1 aliphatic carbocycles. The van der Waals surface area contributed by atoms with Gasteiger partial charge in [-0.2, -0.15) is 0 Å². The van der Waals surface area contributed by atoms with Gasteiger partial charge in [0.15, 0.2) is 5.75 Å². The summed E-state index contributed by atoms with van der Waals surface area (Å²) in [7, 11) is 0. The summed E-state index contributed by atoms with van der Waals surface area (Å²) in [4.78, 5) is 23.6. The second kappa shape index (κ2) is 8.35. The molecule has 0 saturated heterocycles. The van der Waals surface area contributed by atoms with Crippen molar-refractivity contribution in [1.29, 1.82) is 0 Å². The van der Waals surface area contributed by atoms with E-state index in [1.807, 2.05) is 6.92 Å². The number of anilines is 1. The maximum atomic E-state index is 12.3. The summed E-state index contributed by atoms with van der Waals surface area (Å²) in [6, 6.07) is 5.04. The lowest BCUT2D eigenvalue weighted by atomic mass is 9.66. The average Bonchev–Trinajstić information content (AvgIpc) is 2.49. The molecule has 0 atom stereocenters. The van der Waals surface area contributed by atoms with Crippen molar-refractivity contribution in [2.24, 2.45) is 5.41 Å². The fourth-order valence-electron chi connectivity index (χ4n) is 2.67. The lowest BCUT2D eigenvalue weighted by Crippen LogP contribution is -2.41. The highest BCUT2D eigenvalue weighted by molar-refractivity contribution is 6.32. The molecule has 1 fully saturated rings. The number of hydrogen-bond acceptors (Lipinski definition) is 4. The van der Waals surface area contributed by atoms with Gasteiger partial charge in [0.1, 0.15) is 6.61 Å². The van der Waals surface area contributed by atoms with Crippen LogP contribution in [0, 0.1) is 5.41 Å². The van der Waals surface area contributed by atoms with E-state index in [1.54, 1.807) is 18.2 Å². The summed E-state index contributed by atoms with van der Waals surface area (Å²) in [5.41, 5.74) is -0.498. The second-order valence-electron chi connectivity index (χ2n) is 5.83. The summed E-state index contributed by atoms with van der Waals surface area (Å²) in [6.45, 7) is 3.20. The Morgan fingerprint density at radius 3 is 2.67 bits per heavy atom. The molecule has 1 aromatic rings. The molecule has 1 aliphatic rings. The largest absolute Gasteiger partial charge is 0.487 e. The Morgan fingerprint density at radius 1 is 1.33 bits per heavy atom. The van der Waals surface area contributed by atoms with Crippen LogP contribution in [-0.4, -0.2) is 36.8 Å². The molecule has 1 amide bonds. The van der Waals surface area contributed by atoms with Gasteiger partial charge in [-0.25, -0.2) is 0 Å². The van der Waals surface area contributed by atoms with Crippen LogP contribution in [0.2, 0.25) is 5.02 Å². The van der Waals surface area contributed by atoms with Crippen LogP contribution in [0.15, 0.2) is 18.2 Å². The van der Waals surface area contributed by atoms with Crippen LogP contribution >= 0.6 is 11.6 Å². The van der Waals surface area contributed by atoms with Crippen molar-refractivity contribution in [3.63, 3.8) is 0 Å². The zero-order valence-corrected chi connectivity index (χ0v) is 14.4. The fourth-order valence-corrected chi connectivity index (χ4v) is 2.90. The van der Waals surface area contributed by atoms with Gasteiger partial charge in [0.2, 0.25) is 5.91 Å².